The lowest BCUT2D eigenvalue weighted by molar-refractivity contribution is 0.588. The largest absolute Gasteiger partial charge is 0.313 e. The third kappa shape index (κ3) is 3.74. The first-order chi connectivity index (χ1) is 11.2. The topological polar surface area (TPSA) is 17.1 Å². The Bertz CT molecular complexity index is 688. The fourth-order valence-corrected chi connectivity index (χ4v) is 5.63. The van der Waals surface area contributed by atoms with Gasteiger partial charge in [-0.05, 0) is 25.7 Å². The zero-order chi connectivity index (χ0) is 16.1. The van der Waals surface area contributed by atoms with Crippen LogP contribution in [0.5, 0.6) is 0 Å². The molecule has 1 nitrogen and oxygen atoms in total. The summed E-state index contributed by atoms with van der Waals surface area (Å²) in [5, 5.41) is 1.89. The Morgan fingerprint density at radius 3 is 1.78 bits per heavy atom. The predicted molar refractivity (Wildman–Crippen MR) is 100 cm³/mol. The highest BCUT2D eigenvalue weighted by atomic mass is 31.2. The van der Waals surface area contributed by atoms with Crippen LogP contribution in [0.15, 0.2) is 84.5 Å². The van der Waals surface area contributed by atoms with Crippen LogP contribution < -0.4 is 10.6 Å². The number of benzene rings is 2. The molecule has 0 saturated heterocycles. The SMILES string of the molecule is C=C1CCC(=CCP(=O)(c2ccccc2)c2ccccc2)CC1. The molecule has 0 amide bonds. The highest BCUT2D eigenvalue weighted by Crippen LogP contribution is 2.44. The van der Waals surface area contributed by atoms with Gasteiger partial charge in [0.2, 0.25) is 0 Å². The molecule has 0 spiro atoms. The lowest BCUT2D eigenvalue weighted by atomic mass is 9.91. The molecule has 0 radical (unpaired) electrons. The highest BCUT2D eigenvalue weighted by Gasteiger charge is 2.26. The molecule has 0 aliphatic heterocycles. The van der Waals surface area contributed by atoms with E-state index in [4.69, 9.17) is 0 Å². The van der Waals surface area contributed by atoms with E-state index in [1.807, 2.05) is 60.7 Å². The van der Waals surface area contributed by atoms with Gasteiger partial charge in [0.1, 0.15) is 7.14 Å². The maximum Gasteiger partial charge on any atom is 0.146 e. The van der Waals surface area contributed by atoms with Crippen LogP contribution in [0.4, 0.5) is 0 Å². The fourth-order valence-electron chi connectivity index (χ4n) is 3.08. The Morgan fingerprint density at radius 1 is 0.826 bits per heavy atom. The molecule has 0 aromatic heterocycles. The van der Waals surface area contributed by atoms with Gasteiger partial charge in [0.15, 0.2) is 0 Å². The quantitative estimate of drug-likeness (QED) is 0.568. The molecular weight excluding hydrogens is 299 g/mol. The fraction of sp³-hybridized carbons (Fsp3) is 0.238. The van der Waals surface area contributed by atoms with Crippen molar-refractivity contribution in [2.24, 2.45) is 0 Å². The molecule has 2 heteroatoms. The van der Waals surface area contributed by atoms with Gasteiger partial charge in [-0.1, -0.05) is 84.5 Å². The Morgan fingerprint density at radius 2 is 1.30 bits per heavy atom. The van der Waals surface area contributed by atoms with Gasteiger partial charge in [0.05, 0.1) is 0 Å². The lowest BCUT2D eigenvalue weighted by Crippen LogP contribution is -2.18. The minimum atomic E-state index is -2.60. The van der Waals surface area contributed by atoms with Gasteiger partial charge in [0.25, 0.3) is 0 Å². The van der Waals surface area contributed by atoms with E-state index in [9.17, 15) is 4.57 Å². The molecule has 0 bridgehead atoms. The molecule has 1 aliphatic rings. The van der Waals surface area contributed by atoms with Crippen molar-refractivity contribution in [2.75, 3.05) is 6.16 Å². The third-order valence-corrected chi connectivity index (χ3v) is 7.54. The molecule has 2 aromatic rings. The molecular formula is C21H23OP. The van der Waals surface area contributed by atoms with Gasteiger partial charge < -0.3 is 4.57 Å². The van der Waals surface area contributed by atoms with Gasteiger partial charge in [-0.2, -0.15) is 0 Å². The smallest absolute Gasteiger partial charge is 0.146 e. The second kappa shape index (κ2) is 7.15. The Kier molecular flexibility index (Phi) is 4.98. The second-order valence-corrected chi connectivity index (χ2v) is 9.08. The van der Waals surface area contributed by atoms with Crippen molar-refractivity contribution in [3.63, 3.8) is 0 Å². The van der Waals surface area contributed by atoms with Crippen LogP contribution in [0, 0.1) is 0 Å². The first-order valence-corrected chi connectivity index (χ1v) is 10.1. The van der Waals surface area contributed by atoms with E-state index in [2.05, 4.69) is 12.7 Å². The van der Waals surface area contributed by atoms with Gasteiger partial charge >= 0.3 is 0 Å². The Balaban J connectivity index is 1.92. The minimum Gasteiger partial charge on any atom is -0.313 e. The van der Waals surface area contributed by atoms with Crippen LogP contribution in [0.3, 0.4) is 0 Å². The zero-order valence-corrected chi connectivity index (χ0v) is 14.3. The molecule has 3 rings (SSSR count). The minimum absolute atomic E-state index is 0.614. The standard InChI is InChI=1S/C21H23OP/c1-18-12-14-19(15-13-18)16-17-23(22,20-8-4-2-5-9-20)21-10-6-3-7-11-21/h2-11,16H,1,12-15,17H2. The monoisotopic (exact) mass is 322 g/mol. The lowest BCUT2D eigenvalue weighted by Gasteiger charge is -2.20. The van der Waals surface area contributed by atoms with Crippen LogP contribution in [0.2, 0.25) is 0 Å². The van der Waals surface area contributed by atoms with E-state index in [0.717, 1.165) is 36.3 Å². The number of hydrogen-bond acceptors (Lipinski definition) is 1. The first kappa shape index (κ1) is 16.0. The average molecular weight is 322 g/mol. The molecule has 1 aliphatic carbocycles. The molecule has 23 heavy (non-hydrogen) atoms. The van der Waals surface area contributed by atoms with Crippen molar-refractivity contribution < 1.29 is 4.57 Å². The summed E-state index contributed by atoms with van der Waals surface area (Å²) in [7, 11) is -2.60. The molecule has 118 valence electrons. The Hall–Kier alpha value is -1.85. The average Bonchev–Trinajstić information content (AvgIpc) is 2.62. The molecule has 0 atom stereocenters. The first-order valence-electron chi connectivity index (χ1n) is 8.23. The summed E-state index contributed by atoms with van der Waals surface area (Å²) in [6.45, 7) is 4.07. The van der Waals surface area contributed by atoms with E-state index < -0.39 is 7.14 Å². The van der Waals surface area contributed by atoms with Gasteiger partial charge in [0, 0.05) is 16.8 Å². The van der Waals surface area contributed by atoms with Gasteiger partial charge in [-0.15, -0.1) is 0 Å². The van der Waals surface area contributed by atoms with E-state index in [1.165, 1.54) is 11.1 Å². The van der Waals surface area contributed by atoms with Gasteiger partial charge in [-0.3, -0.25) is 0 Å². The zero-order valence-electron chi connectivity index (χ0n) is 13.4. The van der Waals surface area contributed by atoms with Crippen molar-refractivity contribution in [2.45, 2.75) is 25.7 Å². The molecule has 0 heterocycles. The van der Waals surface area contributed by atoms with E-state index in [-0.39, 0.29) is 0 Å². The highest BCUT2D eigenvalue weighted by molar-refractivity contribution is 7.78. The summed E-state index contributed by atoms with van der Waals surface area (Å²) < 4.78 is 13.9. The van der Waals surface area contributed by atoms with E-state index in [0.29, 0.717) is 6.16 Å². The molecule has 1 fully saturated rings. The van der Waals surface area contributed by atoms with E-state index >= 15 is 0 Å². The summed E-state index contributed by atoms with van der Waals surface area (Å²) >= 11 is 0. The number of rotatable bonds is 4. The van der Waals surface area contributed by atoms with Crippen LogP contribution in [0.1, 0.15) is 25.7 Å². The molecule has 1 saturated carbocycles. The third-order valence-electron chi connectivity index (χ3n) is 4.58. The molecule has 2 aromatic carbocycles. The number of hydrogen-bond donors (Lipinski definition) is 0. The van der Waals surface area contributed by atoms with Crippen LogP contribution in [0.25, 0.3) is 0 Å². The van der Waals surface area contributed by atoms with Crippen LogP contribution in [-0.2, 0) is 4.57 Å². The van der Waals surface area contributed by atoms with Gasteiger partial charge in [-0.25, -0.2) is 0 Å². The Labute approximate surface area is 139 Å². The normalized spacial score (nSPS) is 15.5. The predicted octanol–water partition coefficient (Wildman–Crippen LogP) is 5.06. The summed E-state index contributed by atoms with van der Waals surface area (Å²) in [6, 6.07) is 19.8. The van der Waals surface area contributed by atoms with Crippen molar-refractivity contribution in [3.05, 3.63) is 84.5 Å². The second-order valence-electron chi connectivity index (χ2n) is 6.21. The summed E-state index contributed by atoms with van der Waals surface area (Å²) in [5.74, 6) is 0. The summed E-state index contributed by atoms with van der Waals surface area (Å²) in [5.41, 5.74) is 2.78. The molecule has 0 unspecified atom stereocenters. The van der Waals surface area contributed by atoms with Crippen molar-refractivity contribution in [1.29, 1.82) is 0 Å². The van der Waals surface area contributed by atoms with Crippen molar-refractivity contribution in [1.82, 2.24) is 0 Å². The van der Waals surface area contributed by atoms with Crippen molar-refractivity contribution in [3.8, 4) is 0 Å². The maximum atomic E-state index is 13.9. The van der Waals surface area contributed by atoms with Crippen LogP contribution >= 0.6 is 7.14 Å². The van der Waals surface area contributed by atoms with Crippen LogP contribution in [-0.4, -0.2) is 6.16 Å². The van der Waals surface area contributed by atoms with Crippen molar-refractivity contribution >= 4 is 17.8 Å². The molecule has 0 N–H and O–H groups in total. The summed E-state index contributed by atoms with van der Waals surface area (Å²) in [6.07, 6.45) is 7.14. The maximum absolute atomic E-state index is 13.9. The van der Waals surface area contributed by atoms with E-state index in [1.54, 1.807) is 0 Å². The summed E-state index contributed by atoms with van der Waals surface area (Å²) in [4.78, 5) is 0. The number of allylic oxidation sites excluding steroid dienone is 3.